The molecule has 5 heteroatoms. The molecular formula is C26H36N2O3. The molecule has 1 aliphatic heterocycles. The van der Waals surface area contributed by atoms with Crippen LogP contribution in [-0.2, 0) is 17.9 Å². The molecule has 2 aromatic carbocycles. The van der Waals surface area contributed by atoms with Crippen molar-refractivity contribution in [3.63, 3.8) is 0 Å². The summed E-state index contributed by atoms with van der Waals surface area (Å²) in [5.74, 6) is 2.15. The van der Waals surface area contributed by atoms with Crippen molar-refractivity contribution in [2.24, 2.45) is 5.92 Å². The van der Waals surface area contributed by atoms with Crippen LogP contribution in [0.1, 0.15) is 43.7 Å². The fourth-order valence-corrected chi connectivity index (χ4v) is 4.26. The molecule has 0 N–H and O–H groups in total. The second-order valence-electron chi connectivity index (χ2n) is 8.33. The number of ether oxygens (including phenoxy) is 2. The van der Waals surface area contributed by atoms with Crippen molar-refractivity contribution in [3.05, 3.63) is 59.7 Å². The number of hydrogen-bond acceptors (Lipinski definition) is 4. The van der Waals surface area contributed by atoms with E-state index in [0.29, 0.717) is 12.5 Å². The molecular weight excluding hydrogens is 388 g/mol. The number of carbonyl (C=O) groups is 1. The molecule has 0 aromatic heterocycles. The normalized spacial score (nSPS) is 14.9. The molecule has 0 aliphatic carbocycles. The largest absolute Gasteiger partial charge is 0.497 e. The highest BCUT2D eigenvalue weighted by molar-refractivity contribution is 5.79. The number of piperidine rings is 1. The minimum Gasteiger partial charge on any atom is -0.497 e. The van der Waals surface area contributed by atoms with E-state index in [1.54, 1.807) is 14.2 Å². The topological polar surface area (TPSA) is 42.0 Å². The summed E-state index contributed by atoms with van der Waals surface area (Å²) in [5, 5.41) is 0. The predicted octanol–water partition coefficient (Wildman–Crippen LogP) is 4.74. The lowest BCUT2D eigenvalue weighted by molar-refractivity contribution is -0.137. The Balaban J connectivity index is 1.59. The van der Waals surface area contributed by atoms with Gasteiger partial charge in [-0.2, -0.15) is 0 Å². The average Bonchev–Trinajstić information content (AvgIpc) is 2.82. The van der Waals surface area contributed by atoms with Crippen molar-refractivity contribution in [3.8, 4) is 11.5 Å². The lowest BCUT2D eigenvalue weighted by atomic mass is 9.94. The molecule has 31 heavy (non-hydrogen) atoms. The van der Waals surface area contributed by atoms with Gasteiger partial charge in [0.1, 0.15) is 11.5 Å². The van der Waals surface area contributed by atoms with Crippen LogP contribution in [0.5, 0.6) is 11.5 Å². The maximum atomic E-state index is 13.3. The molecule has 5 nitrogen and oxygen atoms in total. The van der Waals surface area contributed by atoms with E-state index in [9.17, 15) is 4.79 Å². The van der Waals surface area contributed by atoms with Crippen molar-refractivity contribution in [2.75, 3.05) is 33.9 Å². The quantitative estimate of drug-likeness (QED) is 0.552. The Labute approximate surface area is 187 Å². The van der Waals surface area contributed by atoms with Crippen LogP contribution in [-0.4, -0.2) is 49.6 Å². The molecule has 0 unspecified atom stereocenters. The molecule has 3 rings (SSSR count). The molecule has 0 saturated carbocycles. The molecule has 1 amide bonds. The summed E-state index contributed by atoms with van der Waals surface area (Å²) in [6.45, 7) is 6.38. The van der Waals surface area contributed by atoms with E-state index >= 15 is 0 Å². The highest BCUT2D eigenvalue weighted by Crippen LogP contribution is 2.28. The monoisotopic (exact) mass is 424 g/mol. The zero-order valence-corrected chi connectivity index (χ0v) is 19.2. The van der Waals surface area contributed by atoms with Gasteiger partial charge < -0.3 is 14.4 Å². The Hall–Kier alpha value is -2.53. The van der Waals surface area contributed by atoms with Crippen LogP contribution in [0.4, 0.5) is 0 Å². The molecule has 1 heterocycles. The highest BCUT2D eigenvalue weighted by Gasteiger charge is 2.28. The Morgan fingerprint density at radius 1 is 1.06 bits per heavy atom. The molecule has 1 aliphatic rings. The van der Waals surface area contributed by atoms with Gasteiger partial charge in [-0.1, -0.05) is 43.7 Å². The Morgan fingerprint density at radius 3 is 2.45 bits per heavy atom. The Bertz CT molecular complexity index is 817. The first kappa shape index (κ1) is 23.1. The summed E-state index contributed by atoms with van der Waals surface area (Å²) < 4.78 is 10.9. The first-order chi connectivity index (χ1) is 15.1. The maximum Gasteiger partial charge on any atom is 0.226 e. The fourth-order valence-electron chi connectivity index (χ4n) is 4.26. The maximum absolute atomic E-state index is 13.3. The van der Waals surface area contributed by atoms with Crippen LogP contribution in [0, 0.1) is 5.92 Å². The number of carbonyl (C=O) groups excluding carboxylic acids is 1. The van der Waals surface area contributed by atoms with Crippen LogP contribution in [0.3, 0.4) is 0 Å². The summed E-state index contributed by atoms with van der Waals surface area (Å²) in [4.78, 5) is 17.8. The summed E-state index contributed by atoms with van der Waals surface area (Å²) in [5.41, 5.74) is 2.33. The SMILES string of the molecule is CCCCN(Cc1ccccc1)C(=O)C1CCN(Cc2cc(OC)ccc2OC)CC1. The van der Waals surface area contributed by atoms with Crippen LogP contribution in [0.15, 0.2) is 48.5 Å². The van der Waals surface area contributed by atoms with Gasteiger partial charge in [0.15, 0.2) is 0 Å². The second-order valence-corrected chi connectivity index (χ2v) is 8.33. The van der Waals surface area contributed by atoms with Crippen molar-refractivity contribution < 1.29 is 14.3 Å². The van der Waals surface area contributed by atoms with E-state index in [2.05, 4.69) is 28.9 Å². The second kappa shape index (κ2) is 11.8. The van der Waals surface area contributed by atoms with E-state index in [1.807, 2.05) is 36.4 Å². The standard InChI is InChI=1S/C26H36N2O3/c1-4-5-15-28(19-21-9-7-6-8-10-21)26(29)22-13-16-27(17-14-22)20-23-18-24(30-2)11-12-25(23)31-3/h6-12,18,22H,4-5,13-17,19-20H2,1-3H3. The first-order valence-electron chi connectivity index (χ1n) is 11.4. The molecule has 0 atom stereocenters. The lowest BCUT2D eigenvalue weighted by Crippen LogP contribution is -2.42. The number of rotatable bonds is 10. The Kier molecular flexibility index (Phi) is 8.77. The van der Waals surface area contributed by atoms with Gasteiger partial charge in [0, 0.05) is 31.1 Å². The van der Waals surface area contributed by atoms with Crippen LogP contribution in [0.2, 0.25) is 0 Å². The zero-order chi connectivity index (χ0) is 22.1. The molecule has 0 spiro atoms. The predicted molar refractivity (Wildman–Crippen MR) is 124 cm³/mol. The number of hydrogen-bond donors (Lipinski definition) is 0. The third kappa shape index (κ3) is 6.47. The average molecular weight is 425 g/mol. The van der Waals surface area contributed by atoms with Gasteiger partial charge in [-0.05, 0) is 56.1 Å². The van der Waals surface area contributed by atoms with Crippen LogP contribution in [0.25, 0.3) is 0 Å². The number of methoxy groups -OCH3 is 2. The van der Waals surface area contributed by atoms with Crippen molar-refractivity contribution in [1.82, 2.24) is 9.80 Å². The third-order valence-electron chi connectivity index (χ3n) is 6.13. The minimum absolute atomic E-state index is 0.115. The third-order valence-corrected chi connectivity index (χ3v) is 6.13. The molecule has 168 valence electrons. The van der Waals surface area contributed by atoms with Crippen LogP contribution < -0.4 is 9.47 Å². The zero-order valence-electron chi connectivity index (χ0n) is 19.2. The number of likely N-dealkylation sites (tertiary alicyclic amines) is 1. The van der Waals surface area contributed by atoms with E-state index in [1.165, 1.54) is 5.56 Å². The Morgan fingerprint density at radius 2 is 1.81 bits per heavy atom. The van der Waals surface area contributed by atoms with Gasteiger partial charge in [0.2, 0.25) is 5.91 Å². The van der Waals surface area contributed by atoms with Gasteiger partial charge in [-0.3, -0.25) is 9.69 Å². The molecule has 1 fully saturated rings. The molecule has 1 saturated heterocycles. The minimum atomic E-state index is 0.115. The molecule has 0 radical (unpaired) electrons. The molecule has 2 aromatic rings. The van der Waals surface area contributed by atoms with Gasteiger partial charge >= 0.3 is 0 Å². The number of unbranched alkanes of at least 4 members (excludes halogenated alkanes) is 1. The smallest absolute Gasteiger partial charge is 0.226 e. The van der Waals surface area contributed by atoms with E-state index in [4.69, 9.17) is 9.47 Å². The summed E-state index contributed by atoms with van der Waals surface area (Å²) in [7, 11) is 3.39. The van der Waals surface area contributed by atoms with Crippen molar-refractivity contribution in [2.45, 2.75) is 45.7 Å². The summed E-state index contributed by atoms with van der Waals surface area (Å²) in [6.07, 6.45) is 3.96. The number of amides is 1. The first-order valence-corrected chi connectivity index (χ1v) is 11.4. The summed E-state index contributed by atoms with van der Waals surface area (Å²) >= 11 is 0. The molecule has 0 bridgehead atoms. The van der Waals surface area contributed by atoms with Gasteiger partial charge in [0.05, 0.1) is 14.2 Å². The van der Waals surface area contributed by atoms with Gasteiger partial charge in [0.25, 0.3) is 0 Å². The lowest BCUT2D eigenvalue weighted by Gasteiger charge is -2.34. The van der Waals surface area contributed by atoms with E-state index in [0.717, 1.165) is 68.9 Å². The van der Waals surface area contributed by atoms with E-state index < -0.39 is 0 Å². The van der Waals surface area contributed by atoms with Gasteiger partial charge in [-0.25, -0.2) is 0 Å². The van der Waals surface area contributed by atoms with Crippen molar-refractivity contribution in [1.29, 1.82) is 0 Å². The number of benzene rings is 2. The van der Waals surface area contributed by atoms with Crippen LogP contribution >= 0.6 is 0 Å². The van der Waals surface area contributed by atoms with Crippen molar-refractivity contribution >= 4 is 5.91 Å². The van der Waals surface area contributed by atoms with E-state index in [-0.39, 0.29) is 5.92 Å². The van der Waals surface area contributed by atoms with Gasteiger partial charge in [-0.15, -0.1) is 0 Å². The summed E-state index contributed by atoms with van der Waals surface area (Å²) in [6, 6.07) is 16.3. The number of nitrogens with zero attached hydrogens (tertiary/aromatic N) is 2. The highest BCUT2D eigenvalue weighted by atomic mass is 16.5. The fraction of sp³-hybridized carbons (Fsp3) is 0.500.